The lowest BCUT2D eigenvalue weighted by atomic mass is 10.1. The smallest absolute Gasteiger partial charge is 0.101 e. The summed E-state index contributed by atoms with van der Waals surface area (Å²) >= 11 is 3.39. The molecule has 0 unspecified atom stereocenters. The van der Waals surface area contributed by atoms with E-state index >= 15 is 0 Å². The molecule has 0 N–H and O–H groups in total. The third-order valence-electron chi connectivity index (χ3n) is 2.78. The van der Waals surface area contributed by atoms with Gasteiger partial charge in [0.1, 0.15) is 6.07 Å². The Morgan fingerprint density at radius 3 is 2.72 bits per heavy atom. The second kappa shape index (κ2) is 5.36. The lowest BCUT2D eigenvalue weighted by Crippen LogP contribution is -2.00. The molecule has 2 aromatic rings. The Hall–Kier alpha value is -1.60. The maximum absolute atomic E-state index is 9.21. The summed E-state index contributed by atoms with van der Waals surface area (Å²) < 4.78 is 1.77. The molecule has 92 valence electrons. The molecule has 0 amide bonds. The van der Waals surface area contributed by atoms with Gasteiger partial charge in [-0.3, -0.25) is 0 Å². The van der Waals surface area contributed by atoms with Gasteiger partial charge in [0.05, 0.1) is 16.9 Å². The van der Waals surface area contributed by atoms with Crippen molar-refractivity contribution >= 4 is 15.9 Å². The number of alkyl halides is 1. The van der Waals surface area contributed by atoms with Crippen LogP contribution in [-0.2, 0) is 5.33 Å². The molecule has 0 saturated heterocycles. The summed E-state index contributed by atoms with van der Waals surface area (Å²) in [6, 6.07) is 10.0. The van der Waals surface area contributed by atoms with Gasteiger partial charge in [0, 0.05) is 11.5 Å². The molecule has 0 fully saturated rings. The van der Waals surface area contributed by atoms with Gasteiger partial charge in [-0.2, -0.15) is 10.4 Å². The Kier molecular flexibility index (Phi) is 3.83. The molecule has 0 aliphatic carbocycles. The Morgan fingerprint density at radius 2 is 2.17 bits per heavy atom. The summed E-state index contributed by atoms with van der Waals surface area (Å²) in [6.07, 6.45) is 1.90. The summed E-state index contributed by atoms with van der Waals surface area (Å²) in [4.78, 5) is 0. The predicted molar refractivity (Wildman–Crippen MR) is 75.0 cm³/mol. The number of hydrogen-bond acceptors (Lipinski definition) is 2. The molecule has 0 aliphatic heterocycles. The Balaban J connectivity index is 2.47. The lowest BCUT2D eigenvalue weighted by molar-refractivity contribution is 0.767. The van der Waals surface area contributed by atoms with Crippen molar-refractivity contribution in [3.63, 3.8) is 0 Å². The average molecular weight is 304 g/mol. The quantitative estimate of drug-likeness (QED) is 0.810. The predicted octanol–water partition coefficient (Wildman–Crippen LogP) is 3.76. The number of aromatic nitrogens is 2. The van der Waals surface area contributed by atoms with E-state index in [2.05, 4.69) is 40.9 Å². The highest BCUT2D eigenvalue weighted by Gasteiger charge is 2.09. The van der Waals surface area contributed by atoms with Gasteiger partial charge < -0.3 is 0 Å². The van der Waals surface area contributed by atoms with E-state index in [-0.39, 0.29) is 0 Å². The molecule has 3 nitrogen and oxygen atoms in total. The first kappa shape index (κ1) is 12.8. The zero-order valence-corrected chi connectivity index (χ0v) is 12.0. The van der Waals surface area contributed by atoms with Crippen LogP contribution in [0.3, 0.4) is 0 Å². The van der Waals surface area contributed by atoms with Gasteiger partial charge in [-0.25, -0.2) is 4.68 Å². The summed E-state index contributed by atoms with van der Waals surface area (Å²) in [5.74, 6) is 0.388. The van der Waals surface area contributed by atoms with E-state index < -0.39 is 0 Å². The molecule has 1 heterocycles. The van der Waals surface area contributed by atoms with Crippen molar-refractivity contribution in [3.05, 3.63) is 47.3 Å². The SMILES string of the molecule is CC(C)c1ccn(-c2ccc(CBr)cc2C#N)n1. The first-order chi connectivity index (χ1) is 8.65. The molecule has 1 aromatic carbocycles. The van der Waals surface area contributed by atoms with Crippen molar-refractivity contribution in [3.8, 4) is 11.8 Å². The van der Waals surface area contributed by atoms with Crippen LogP contribution >= 0.6 is 15.9 Å². The van der Waals surface area contributed by atoms with Gasteiger partial charge in [0.25, 0.3) is 0 Å². The summed E-state index contributed by atoms with van der Waals surface area (Å²) in [6.45, 7) is 4.21. The topological polar surface area (TPSA) is 41.6 Å². The van der Waals surface area contributed by atoms with Gasteiger partial charge in [0.15, 0.2) is 0 Å². The zero-order chi connectivity index (χ0) is 13.1. The van der Waals surface area contributed by atoms with E-state index in [1.807, 2.05) is 30.5 Å². The minimum Gasteiger partial charge on any atom is -0.239 e. The summed E-state index contributed by atoms with van der Waals surface area (Å²) in [7, 11) is 0. The van der Waals surface area contributed by atoms with Crippen LogP contribution < -0.4 is 0 Å². The largest absolute Gasteiger partial charge is 0.239 e. The molecule has 0 bridgehead atoms. The molecule has 2 rings (SSSR count). The van der Waals surface area contributed by atoms with E-state index in [1.54, 1.807) is 4.68 Å². The Morgan fingerprint density at radius 1 is 1.39 bits per heavy atom. The molecule has 18 heavy (non-hydrogen) atoms. The van der Waals surface area contributed by atoms with Crippen LogP contribution in [0.4, 0.5) is 0 Å². The average Bonchev–Trinajstić information content (AvgIpc) is 2.87. The van der Waals surface area contributed by atoms with Crippen molar-refractivity contribution < 1.29 is 0 Å². The monoisotopic (exact) mass is 303 g/mol. The normalized spacial score (nSPS) is 10.6. The maximum Gasteiger partial charge on any atom is 0.101 e. The van der Waals surface area contributed by atoms with Gasteiger partial charge >= 0.3 is 0 Å². The van der Waals surface area contributed by atoms with E-state index in [0.717, 1.165) is 22.3 Å². The van der Waals surface area contributed by atoms with Crippen LogP contribution in [0.1, 0.15) is 36.6 Å². The number of rotatable bonds is 3. The fourth-order valence-electron chi connectivity index (χ4n) is 1.74. The highest BCUT2D eigenvalue weighted by molar-refractivity contribution is 9.08. The molecule has 0 radical (unpaired) electrons. The molecule has 0 aliphatic rings. The highest BCUT2D eigenvalue weighted by atomic mass is 79.9. The minimum atomic E-state index is 0.388. The molecule has 0 spiro atoms. The van der Waals surface area contributed by atoms with Crippen LogP contribution in [0.25, 0.3) is 5.69 Å². The van der Waals surface area contributed by atoms with E-state index in [9.17, 15) is 5.26 Å². The third-order valence-corrected chi connectivity index (χ3v) is 3.43. The van der Waals surface area contributed by atoms with E-state index in [1.165, 1.54) is 0 Å². The second-order valence-electron chi connectivity index (χ2n) is 4.44. The molecule has 0 saturated carbocycles. The van der Waals surface area contributed by atoms with Crippen molar-refractivity contribution in [2.45, 2.75) is 25.1 Å². The number of nitriles is 1. The number of benzene rings is 1. The van der Waals surface area contributed by atoms with Crippen LogP contribution in [0.2, 0.25) is 0 Å². The highest BCUT2D eigenvalue weighted by Crippen LogP contribution is 2.19. The van der Waals surface area contributed by atoms with Crippen molar-refractivity contribution in [2.24, 2.45) is 0 Å². The van der Waals surface area contributed by atoms with Gasteiger partial charge in [0.2, 0.25) is 0 Å². The van der Waals surface area contributed by atoms with Crippen LogP contribution in [0.5, 0.6) is 0 Å². The van der Waals surface area contributed by atoms with Crippen molar-refractivity contribution in [1.29, 1.82) is 5.26 Å². The molecule has 4 heteroatoms. The zero-order valence-electron chi connectivity index (χ0n) is 10.4. The summed E-state index contributed by atoms with van der Waals surface area (Å²) in [5.41, 5.74) is 3.59. The maximum atomic E-state index is 9.21. The van der Waals surface area contributed by atoms with Gasteiger partial charge in [-0.15, -0.1) is 0 Å². The first-order valence-electron chi connectivity index (χ1n) is 5.80. The van der Waals surface area contributed by atoms with Crippen LogP contribution in [-0.4, -0.2) is 9.78 Å². The fourth-order valence-corrected chi connectivity index (χ4v) is 2.08. The van der Waals surface area contributed by atoms with Crippen molar-refractivity contribution in [2.75, 3.05) is 0 Å². The van der Waals surface area contributed by atoms with Gasteiger partial charge in [-0.05, 0) is 29.7 Å². The standard InChI is InChI=1S/C14H14BrN3/c1-10(2)13-5-6-18(17-13)14-4-3-11(8-15)7-12(14)9-16/h3-7,10H,8H2,1-2H3. The Labute approximate surface area is 115 Å². The Bertz CT molecular complexity index is 593. The number of halogens is 1. The molecular weight excluding hydrogens is 290 g/mol. The van der Waals surface area contributed by atoms with E-state index in [0.29, 0.717) is 11.5 Å². The molecule has 0 atom stereocenters. The van der Waals surface area contributed by atoms with Crippen molar-refractivity contribution in [1.82, 2.24) is 9.78 Å². The lowest BCUT2D eigenvalue weighted by Gasteiger charge is -2.06. The number of nitrogens with zero attached hydrogens (tertiary/aromatic N) is 3. The fraction of sp³-hybridized carbons (Fsp3) is 0.286. The molecule has 1 aromatic heterocycles. The third kappa shape index (κ3) is 2.46. The number of hydrogen-bond donors (Lipinski definition) is 0. The van der Waals surface area contributed by atoms with Crippen LogP contribution in [0, 0.1) is 11.3 Å². The molecular formula is C14H14BrN3. The van der Waals surface area contributed by atoms with Crippen LogP contribution in [0.15, 0.2) is 30.5 Å². The summed E-state index contributed by atoms with van der Waals surface area (Å²) in [5, 5.41) is 14.5. The van der Waals surface area contributed by atoms with E-state index in [4.69, 9.17) is 0 Å². The first-order valence-corrected chi connectivity index (χ1v) is 6.92. The second-order valence-corrected chi connectivity index (χ2v) is 5.00. The van der Waals surface area contributed by atoms with Gasteiger partial charge in [-0.1, -0.05) is 35.8 Å². The minimum absolute atomic E-state index is 0.388.